The van der Waals surface area contributed by atoms with Crippen molar-refractivity contribution in [2.24, 2.45) is 0 Å². The van der Waals surface area contributed by atoms with Crippen molar-refractivity contribution in [3.8, 4) is 0 Å². The molecule has 2 aliphatic rings. The normalized spacial score (nSPS) is 34.2. The van der Waals surface area contributed by atoms with Crippen LogP contribution in [-0.2, 0) is 0 Å². The Morgan fingerprint density at radius 3 is 2.77 bits per heavy atom. The van der Waals surface area contributed by atoms with E-state index in [0.717, 1.165) is 19.5 Å². The maximum Gasteiger partial charge on any atom is 0.0909 e. The third-order valence-electron chi connectivity index (χ3n) is 3.45. The summed E-state index contributed by atoms with van der Waals surface area (Å²) >= 11 is 0. The summed E-state index contributed by atoms with van der Waals surface area (Å²) in [6.45, 7) is 2.78. The highest BCUT2D eigenvalue weighted by atomic mass is 16.3. The Morgan fingerprint density at radius 2 is 2.23 bits per heavy atom. The summed E-state index contributed by atoms with van der Waals surface area (Å²) in [6.07, 6.45) is 4.87. The van der Waals surface area contributed by atoms with Gasteiger partial charge >= 0.3 is 0 Å². The van der Waals surface area contributed by atoms with E-state index < -0.39 is 5.60 Å². The lowest BCUT2D eigenvalue weighted by atomic mass is 9.85. The minimum atomic E-state index is -0.393. The molecule has 0 spiro atoms. The van der Waals surface area contributed by atoms with E-state index in [1.807, 2.05) is 0 Å². The van der Waals surface area contributed by atoms with Crippen molar-refractivity contribution in [1.29, 1.82) is 0 Å². The summed E-state index contributed by atoms with van der Waals surface area (Å²) in [5, 5.41) is 13.1. The number of likely N-dealkylation sites (tertiary alicyclic amines) is 1. The van der Waals surface area contributed by atoms with Gasteiger partial charge in [-0.1, -0.05) is 6.42 Å². The molecule has 0 saturated carbocycles. The van der Waals surface area contributed by atoms with Crippen molar-refractivity contribution < 1.29 is 5.11 Å². The summed E-state index contributed by atoms with van der Waals surface area (Å²) in [5.41, 5.74) is -0.393. The van der Waals surface area contributed by atoms with Crippen LogP contribution >= 0.6 is 0 Å². The molecule has 3 heteroatoms. The number of nitrogens with zero attached hydrogens (tertiary/aromatic N) is 1. The van der Waals surface area contributed by atoms with Gasteiger partial charge in [-0.25, -0.2) is 0 Å². The summed E-state index contributed by atoms with van der Waals surface area (Å²) in [4.78, 5) is 2.40. The van der Waals surface area contributed by atoms with Gasteiger partial charge in [-0.2, -0.15) is 0 Å². The van der Waals surface area contributed by atoms with Gasteiger partial charge in [0, 0.05) is 19.1 Å². The van der Waals surface area contributed by atoms with Gasteiger partial charge < -0.3 is 15.3 Å². The number of β-amino-alcohol motifs (C(OH)–C–C–N with tert-alkyl or cyclic N) is 1. The standard InChI is InChI=1S/C10H20N2O/c1-12-5-3-2-4-9(12)6-10(13)7-11-8-10/h9,11,13H,2-8H2,1H3. The van der Waals surface area contributed by atoms with Gasteiger partial charge in [0.25, 0.3) is 0 Å². The minimum absolute atomic E-state index is 0.393. The quantitative estimate of drug-likeness (QED) is 0.643. The topological polar surface area (TPSA) is 35.5 Å². The van der Waals surface area contributed by atoms with E-state index in [-0.39, 0.29) is 0 Å². The Labute approximate surface area is 80.1 Å². The van der Waals surface area contributed by atoms with E-state index >= 15 is 0 Å². The van der Waals surface area contributed by atoms with Crippen molar-refractivity contribution in [2.75, 3.05) is 26.7 Å². The van der Waals surface area contributed by atoms with Crippen LogP contribution in [0.2, 0.25) is 0 Å². The van der Waals surface area contributed by atoms with Crippen LogP contribution < -0.4 is 5.32 Å². The first-order valence-electron chi connectivity index (χ1n) is 5.33. The molecule has 2 heterocycles. The first-order chi connectivity index (χ1) is 6.20. The molecule has 0 radical (unpaired) electrons. The second-order valence-electron chi connectivity index (χ2n) is 4.66. The van der Waals surface area contributed by atoms with Crippen molar-refractivity contribution in [1.82, 2.24) is 10.2 Å². The first kappa shape index (κ1) is 9.44. The maximum absolute atomic E-state index is 9.99. The molecule has 1 unspecified atom stereocenters. The second-order valence-corrected chi connectivity index (χ2v) is 4.66. The monoisotopic (exact) mass is 184 g/mol. The summed E-state index contributed by atoms with van der Waals surface area (Å²) in [6, 6.07) is 0.612. The van der Waals surface area contributed by atoms with Gasteiger partial charge in [0.1, 0.15) is 0 Å². The average Bonchev–Trinajstić information content (AvgIpc) is 2.06. The summed E-state index contributed by atoms with van der Waals surface area (Å²) in [5.74, 6) is 0. The van der Waals surface area contributed by atoms with Crippen LogP contribution in [0.4, 0.5) is 0 Å². The summed E-state index contributed by atoms with van der Waals surface area (Å²) in [7, 11) is 2.18. The SMILES string of the molecule is CN1CCCCC1CC1(O)CNC1. The molecule has 76 valence electrons. The molecule has 0 aromatic carbocycles. The van der Waals surface area contributed by atoms with E-state index in [2.05, 4.69) is 17.3 Å². The maximum atomic E-state index is 9.99. The predicted molar refractivity (Wildman–Crippen MR) is 52.7 cm³/mol. The highest BCUT2D eigenvalue weighted by Gasteiger charge is 2.37. The fourth-order valence-electron chi connectivity index (χ4n) is 2.40. The lowest BCUT2D eigenvalue weighted by Crippen LogP contribution is -2.62. The van der Waals surface area contributed by atoms with Gasteiger partial charge in [0.15, 0.2) is 0 Å². The zero-order chi connectivity index (χ0) is 9.31. The van der Waals surface area contributed by atoms with Crippen LogP contribution in [0.15, 0.2) is 0 Å². The summed E-state index contributed by atoms with van der Waals surface area (Å²) < 4.78 is 0. The van der Waals surface area contributed by atoms with Gasteiger partial charge in [-0.05, 0) is 32.9 Å². The zero-order valence-corrected chi connectivity index (χ0v) is 8.42. The molecule has 0 bridgehead atoms. The average molecular weight is 184 g/mol. The predicted octanol–water partition coefficient (Wildman–Crippen LogP) is 0.195. The van der Waals surface area contributed by atoms with Gasteiger partial charge in [-0.3, -0.25) is 0 Å². The molecule has 2 rings (SSSR count). The highest BCUT2D eigenvalue weighted by Crippen LogP contribution is 2.25. The van der Waals surface area contributed by atoms with Crippen LogP contribution in [0.1, 0.15) is 25.7 Å². The molecule has 1 atom stereocenters. The largest absolute Gasteiger partial charge is 0.387 e. The fraction of sp³-hybridized carbons (Fsp3) is 1.00. The highest BCUT2D eigenvalue weighted by molar-refractivity contribution is 4.96. The fourth-order valence-corrected chi connectivity index (χ4v) is 2.40. The van der Waals surface area contributed by atoms with E-state index in [1.54, 1.807) is 0 Å². The number of hydrogen-bond donors (Lipinski definition) is 2. The Bertz CT molecular complexity index is 180. The number of hydrogen-bond acceptors (Lipinski definition) is 3. The first-order valence-corrected chi connectivity index (χ1v) is 5.33. The molecule has 0 amide bonds. The number of nitrogens with one attached hydrogen (secondary N) is 1. The lowest BCUT2D eigenvalue weighted by molar-refractivity contribution is -0.0411. The molecular weight excluding hydrogens is 164 g/mol. The van der Waals surface area contributed by atoms with Crippen molar-refractivity contribution in [2.45, 2.75) is 37.3 Å². The molecule has 2 N–H and O–H groups in total. The Hall–Kier alpha value is -0.120. The molecule has 2 fully saturated rings. The molecule has 0 aromatic heterocycles. The molecule has 13 heavy (non-hydrogen) atoms. The zero-order valence-electron chi connectivity index (χ0n) is 8.42. The Kier molecular flexibility index (Phi) is 2.58. The molecule has 0 aromatic rings. The van der Waals surface area contributed by atoms with E-state index in [0.29, 0.717) is 6.04 Å². The third kappa shape index (κ3) is 2.03. The molecule has 0 aliphatic carbocycles. The van der Waals surface area contributed by atoms with Crippen LogP contribution in [0, 0.1) is 0 Å². The molecule has 3 nitrogen and oxygen atoms in total. The smallest absolute Gasteiger partial charge is 0.0909 e. The van der Waals surface area contributed by atoms with Gasteiger partial charge in [0.05, 0.1) is 5.60 Å². The van der Waals surface area contributed by atoms with Crippen LogP contribution in [0.25, 0.3) is 0 Å². The Balaban J connectivity index is 1.85. The molecule has 2 saturated heterocycles. The van der Waals surface area contributed by atoms with Crippen LogP contribution in [-0.4, -0.2) is 48.3 Å². The van der Waals surface area contributed by atoms with E-state index in [9.17, 15) is 5.11 Å². The molecular formula is C10H20N2O. The van der Waals surface area contributed by atoms with Crippen molar-refractivity contribution in [3.05, 3.63) is 0 Å². The number of piperidine rings is 1. The van der Waals surface area contributed by atoms with Crippen LogP contribution in [0.3, 0.4) is 0 Å². The Morgan fingerprint density at radius 1 is 1.46 bits per heavy atom. The lowest BCUT2D eigenvalue weighted by Gasteiger charge is -2.43. The third-order valence-corrected chi connectivity index (χ3v) is 3.45. The van der Waals surface area contributed by atoms with E-state index in [1.165, 1.54) is 25.8 Å². The minimum Gasteiger partial charge on any atom is -0.387 e. The van der Waals surface area contributed by atoms with Crippen molar-refractivity contribution >= 4 is 0 Å². The second kappa shape index (κ2) is 3.56. The molecule has 2 aliphatic heterocycles. The number of rotatable bonds is 2. The van der Waals surface area contributed by atoms with Gasteiger partial charge in [-0.15, -0.1) is 0 Å². The van der Waals surface area contributed by atoms with Gasteiger partial charge in [0.2, 0.25) is 0 Å². The van der Waals surface area contributed by atoms with Crippen LogP contribution in [0.5, 0.6) is 0 Å². The number of aliphatic hydroxyl groups is 1. The van der Waals surface area contributed by atoms with Crippen molar-refractivity contribution in [3.63, 3.8) is 0 Å². The van der Waals surface area contributed by atoms with E-state index in [4.69, 9.17) is 0 Å².